The van der Waals surface area contributed by atoms with Gasteiger partial charge in [-0.15, -0.1) is 0 Å². The van der Waals surface area contributed by atoms with Crippen molar-refractivity contribution in [2.75, 3.05) is 0 Å². The zero-order valence-electron chi connectivity index (χ0n) is 13.6. The Hall–Kier alpha value is -2.61. The van der Waals surface area contributed by atoms with Crippen LogP contribution in [0.4, 0.5) is 0 Å². The number of carbonyl (C=O) groups excluding carboxylic acids is 1. The Morgan fingerprint density at radius 3 is 2.52 bits per heavy atom. The summed E-state index contributed by atoms with van der Waals surface area (Å²) in [6.45, 7) is 1.67. The molecule has 0 saturated carbocycles. The third-order valence-corrected chi connectivity index (χ3v) is 5.25. The van der Waals surface area contributed by atoms with Gasteiger partial charge >= 0.3 is 5.97 Å². The Bertz CT molecular complexity index is 841. The van der Waals surface area contributed by atoms with Crippen molar-refractivity contribution >= 4 is 21.7 Å². The number of amides is 1. The van der Waals surface area contributed by atoms with E-state index in [9.17, 15) is 18.0 Å². The lowest BCUT2D eigenvalue weighted by Gasteiger charge is -2.12. The first kappa shape index (κ1) is 18.7. The third-order valence-electron chi connectivity index (χ3n) is 3.57. The number of nitrogens with one attached hydrogen (secondary N) is 1. The van der Waals surface area contributed by atoms with Crippen LogP contribution < -0.4 is 5.32 Å². The van der Waals surface area contributed by atoms with Gasteiger partial charge in [-0.05, 0) is 31.5 Å². The maximum absolute atomic E-state index is 12.4. The van der Waals surface area contributed by atoms with E-state index in [0.29, 0.717) is 0 Å². The molecule has 0 saturated heterocycles. The number of aliphatic carboxylic acids is 1. The maximum atomic E-state index is 12.4. The number of benzene rings is 1. The van der Waals surface area contributed by atoms with Crippen LogP contribution in [-0.4, -0.2) is 31.4 Å². The maximum Gasteiger partial charge on any atom is 0.303 e. The third kappa shape index (κ3) is 5.18. The van der Waals surface area contributed by atoms with Gasteiger partial charge in [0.15, 0.2) is 15.6 Å². The number of carboxylic acid groups (broad SMARTS) is 1. The highest BCUT2D eigenvalue weighted by Gasteiger charge is 2.23. The fraction of sp³-hybridized carbons (Fsp3) is 0.294. The second kappa shape index (κ2) is 7.98. The van der Waals surface area contributed by atoms with Gasteiger partial charge in [-0.25, -0.2) is 8.42 Å². The minimum Gasteiger partial charge on any atom is -0.481 e. The molecule has 0 radical (unpaired) electrons. The largest absolute Gasteiger partial charge is 0.481 e. The molecule has 8 heteroatoms. The summed E-state index contributed by atoms with van der Waals surface area (Å²) in [7, 11) is -3.61. The highest BCUT2D eigenvalue weighted by Crippen LogP contribution is 2.20. The molecule has 0 aliphatic rings. The second-order valence-corrected chi connectivity index (χ2v) is 7.64. The molecule has 0 bridgehead atoms. The standard InChI is InChI=1S/C17H19NO6S/c1-12(7-8-15(19)20)18-17(21)16-13(9-10-24-16)11-25(22,23)14-5-3-2-4-6-14/h2-6,9-10,12H,7-8,11H2,1H3,(H,18,21)(H,19,20). The molecule has 25 heavy (non-hydrogen) atoms. The molecule has 1 unspecified atom stereocenters. The first-order valence-electron chi connectivity index (χ1n) is 7.66. The summed E-state index contributed by atoms with van der Waals surface area (Å²) in [5, 5.41) is 11.3. The van der Waals surface area contributed by atoms with Crippen LogP contribution in [0, 0.1) is 0 Å². The Morgan fingerprint density at radius 2 is 1.88 bits per heavy atom. The first-order chi connectivity index (χ1) is 11.8. The van der Waals surface area contributed by atoms with E-state index in [4.69, 9.17) is 9.52 Å². The Kier molecular flexibility index (Phi) is 5.97. The molecule has 134 valence electrons. The van der Waals surface area contributed by atoms with Crippen molar-refractivity contribution in [3.05, 3.63) is 54.0 Å². The lowest BCUT2D eigenvalue weighted by molar-refractivity contribution is -0.137. The summed E-state index contributed by atoms with van der Waals surface area (Å²) in [6, 6.07) is 9.00. The predicted octanol–water partition coefficient (Wildman–Crippen LogP) is 2.24. The van der Waals surface area contributed by atoms with E-state index in [1.807, 2.05) is 0 Å². The number of furan rings is 1. The fourth-order valence-electron chi connectivity index (χ4n) is 2.27. The van der Waals surface area contributed by atoms with Gasteiger partial charge < -0.3 is 14.8 Å². The molecule has 0 aliphatic heterocycles. The van der Waals surface area contributed by atoms with E-state index in [2.05, 4.69) is 5.32 Å². The van der Waals surface area contributed by atoms with Crippen molar-refractivity contribution in [3.8, 4) is 0 Å². The predicted molar refractivity (Wildman–Crippen MR) is 89.8 cm³/mol. The Balaban J connectivity index is 2.09. The molecule has 0 spiro atoms. The summed E-state index contributed by atoms with van der Waals surface area (Å²) in [4.78, 5) is 23.0. The normalized spacial score (nSPS) is 12.5. The Labute approximate surface area is 145 Å². The lowest BCUT2D eigenvalue weighted by Crippen LogP contribution is -2.33. The summed E-state index contributed by atoms with van der Waals surface area (Å²) in [5.74, 6) is -1.96. The van der Waals surface area contributed by atoms with E-state index in [-0.39, 0.29) is 40.9 Å². The van der Waals surface area contributed by atoms with Crippen LogP contribution in [0.25, 0.3) is 0 Å². The number of rotatable bonds is 8. The quantitative estimate of drug-likeness (QED) is 0.741. The zero-order chi connectivity index (χ0) is 18.4. The van der Waals surface area contributed by atoms with Crippen molar-refractivity contribution in [3.63, 3.8) is 0 Å². The topological polar surface area (TPSA) is 114 Å². The van der Waals surface area contributed by atoms with Crippen molar-refractivity contribution < 1.29 is 27.5 Å². The summed E-state index contributed by atoms with van der Waals surface area (Å²) >= 11 is 0. The van der Waals surface area contributed by atoms with Crippen molar-refractivity contribution in [1.29, 1.82) is 0 Å². The number of sulfone groups is 1. The van der Waals surface area contributed by atoms with Gasteiger partial charge in [-0.1, -0.05) is 18.2 Å². The highest BCUT2D eigenvalue weighted by atomic mass is 32.2. The molecule has 1 atom stereocenters. The van der Waals surface area contributed by atoms with Gasteiger partial charge in [0, 0.05) is 18.0 Å². The molecular formula is C17H19NO6S. The van der Waals surface area contributed by atoms with Gasteiger partial charge in [-0.3, -0.25) is 9.59 Å². The van der Waals surface area contributed by atoms with Crippen LogP contribution in [-0.2, 0) is 20.4 Å². The minimum atomic E-state index is -3.61. The van der Waals surface area contributed by atoms with E-state index in [0.717, 1.165) is 0 Å². The number of hydrogen-bond donors (Lipinski definition) is 2. The SMILES string of the molecule is CC(CCC(=O)O)NC(=O)c1occc1CS(=O)(=O)c1ccccc1. The van der Waals surface area contributed by atoms with E-state index < -0.39 is 21.7 Å². The van der Waals surface area contributed by atoms with Gasteiger partial charge in [-0.2, -0.15) is 0 Å². The van der Waals surface area contributed by atoms with Crippen LogP contribution in [0.15, 0.2) is 52.0 Å². The van der Waals surface area contributed by atoms with Crippen LogP contribution in [0.3, 0.4) is 0 Å². The second-order valence-electron chi connectivity index (χ2n) is 5.65. The fourth-order valence-corrected chi connectivity index (χ4v) is 3.64. The van der Waals surface area contributed by atoms with Gasteiger partial charge in [0.1, 0.15) is 0 Å². The molecule has 1 amide bonds. The van der Waals surface area contributed by atoms with Crippen LogP contribution in [0.1, 0.15) is 35.9 Å². The highest BCUT2D eigenvalue weighted by molar-refractivity contribution is 7.90. The van der Waals surface area contributed by atoms with Gasteiger partial charge in [0.05, 0.1) is 16.9 Å². The summed E-state index contributed by atoms with van der Waals surface area (Å²) < 4.78 is 30.0. The van der Waals surface area contributed by atoms with E-state index in [1.165, 1.54) is 24.5 Å². The molecule has 0 aliphatic carbocycles. The van der Waals surface area contributed by atoms with Crippen LogP contribution in [0.2, 0.25) is 0 Å². The molecule has 1 aromatic heterocycles. The smallest absolute Gasteiger partial charge is 0.303 e. The first-order valence-corrected chi connectivity index (χ1v) is 9.31. The number of hydrogen-bond acceptors (Lipinski definition) is 5. The molecule has 0 fully saturated rings. The van der Waals surface area contributed by atoms with Crippen molar-refractivity contribution in [2.45, 2.75) is 36.5 Å². The monoisotopic (exact) mass is 365 g/mol. The molecule has 1 aromatic carbocycles. The van der Waals surface area contributed by atoms with Gasteiger partial charge in [0.2, 0.25) is 0 Å². The number of carboxylic acids is 1. The molecule has 1 heterocycles. The van der Waals surface area contributed by atoms with Gasteiger partial charge in [0.25, 0.3) is 5.91 Å². The van der Waals surface area contributed by atoms with E-state index in [1.54, 1.807) is 25.1 Å². The zero-order valence-corrected chi connectivity index (χ0v) is 14.5. The average molecular weight is 365 g/mol. The van der Waals surface area contributed by atoms with E-state index >= 15 is 0 Å². The minimum absolute atomic E-state index is 0.0746. The molecular weight excluding hydrogens is 346 g/mol. The molecule has 2 aromatic rings. The van der Waals surface area contributed by atoms with Crippen molar-refractivity contribution in [1.82, 2.24) is 5.32 Å². The molecule has 2 N–H and O–H groups in total. The average Bonchev–Trinajstić information content (AvgIpc) is 3.01. The van der Waals surface area contributed by atoms with Crippen LogP contribution >= 0.6 is 0 Å². The van der Waals surface area contributed by atoms with Crippen LogP contribution in [0.5, 0.6) is 0 Å². The number of carbonyl (C=O) groups is 2. The molecule has 2 rings (SSSR count). The summed E-state index contributed by atoms with van der Waals surface area (Å²) in [6.07, 6.45) is 1.45. The summed E-state index contributed by atoms with van der Waals surface area (Å²) in [5.41, 5.74) is 0.256. The lowest BCUT2D eigenvalue weighted by atomic mass is 10.1. The molecule has 7 nitrogen and oxygen atoms in total. The van der Waals surface area contributed by atoms with Crippen molar-refractivity contribution in [2.24, 2.45) is 0 Å². The Morgan fingerprint density at radius 1 is 1.20 bits per heavy atom.